The van der Waals surface area contributed by atoms with E-state index in [2.05, 4.69) is 0 Å². The molecule has 2 aliphatic heterocycles. The van der Waals surface area contributed by atoms with Gasteiger partial charge in [-0.05, 0) is 46.5 Å². The van der Waals surface area contributed by atoms with Gasteiger partial charge in [-0.3, -0.25) is 5.14 Å². The van der Waals surface area contributed by atoms with Gasteiger partial charge in [0.25, 0.3) is 0 Å². The highest BCUT2D eigenvalue weighted by atomic mass is 32.2. The first-order valence-electron chi connectivity index (χ1n) is 6.27. The average molecular weight is 258 g/mol. The summed E-state index contributed by atoms with van der Waals surface area (Å²) in [5.41, 5.74) is -0.407. The second-order valence-corrected chi connectivity index (χ2v) is 6.94. The van der Waals surface area contributed by atoms with Gasteiger partial charge in [-0.25, -0.2) is 4.79 Å². The second-order valence-electron chi connectivity index (χ2n) is 6.00. The zero-order valence-corrected chi connectivity index (χ0v) is 11.6. The third-order valence-electron chi connectivity index (χ3n) is 3.49. The molecule has 4 nitrogen and oxygen atoms in total. The maximum atomic E-state index is 12.1. The van der Waals surface area contributed by atoms with Gasteiger partial charge in [-0.1, -0.05) is 11.9 Å². The molecule has 0 saturated carbocycles. The molecule has 0 radical (unpaired) electrons. The number of nitrogens with two attached hydrogens (primary N) is 1. The van der Waals surface area contributed by atoms with Crippen LogP contribution in [-0.4, -0.2) is 33.9 Å². The summed E-state index contributed by atoms with van der Waals surface area (Å²) in [6.07, 6.45) is 4.07. The van der Waals surface area contributed by atoms with Crippen molar-refractivity contribution in [2.45, 2.75) is 69.4 Å². The molecule has 0 aliphatic carbocycles. The summed E-state index contributed by atoms with van der Waals surface area (Å²) in [6.45, 7) is 5.74. The van der Waals surface area contributed by atoms with Crippen LogP contribution in [0.4, 0.5) is 4.79 Å². The molecule has 0 spiro atoms. The van der Waals surface area contributed by atoms with Crippen molar-refractivity contribution in [3.63, 3.8) is 0 Å². The molecule has 2 saturated heterocycles. The fourth-order valence-electron chi connectivity index (χ4n) is 2.85. The monoisotopic (exact) mass is 258 g/mol. The molecule has 2 aliphatic rings. The number of carbonyl (C=O) groups is 1. The summed E-state index contributed by atoms with van der Waals surface area (Å²) in [5, 5.41) is 6.17. The third kappa shape index (κ3) is 2.88. The van der Waals surface area contributed by atoms with E-state index in [1.54, 1.807) is 0 Å². The summed E-state index contributed by atoms with van der Waals surface area (Å²) >= 11 is 1.44. The molecule has 2 heterocycles. The first-order chi connectivity index (χ1) is 7.90. The van der Waals surface area contributed by atoms with Crippen molar-refractivity contribution < 1.29 is 9.53 Å². The number of nitrogens with zero attached hydrogens (tertiary/aromatic N) is 1. The molecule has 2 bridgehead atoms. The lowest BCUT2D eigenvalue weighted by Crippen LogP contribution is -2.49. The Labute approximate surface area is 107 Å². The highest BCUT2D eigenvalue weighted by Gasteiger charge is 2.44. The summed E-state index contributed by atoms with van der Waals surface area (Å²) in [5.74, 6) is 0. The number of carbonyl (C=O) groups excluding carboxylic acids is 1. The number of rotatable bonds is 1. The van der Waals surface area contributed by atoms with E-state index in [0.29, 0.717) is 17.3 Å². The Kier molecular flexibility index (Phi) is 3.59. The molecule has 98 valence electrons. The summed E-state index contributed by atoms with van der Waals surface area (Å²) < 4.78 is 5.48. The standard InChI is InChI=1S/C12H22N2O2S/c1-12(2,3)16-11(15)14-8-4-5-9(14)7-10(6-8)17-13/h8-10H,4-7,13H2,1-3H3. The van der Waals surface area contributed by atoms with Crippen LogP contribution in [0.15, 0.2) is 0 Å². The lowest BCUT2D eigenvalue weighted by atomic mass is 10.0. The Morgan fingerprint density at radius 1 is 1.29 bits per heavy atom. The van der Waals surface area contributed by atoms with Crippen molar-refractivity contribution in [1.29, 1.82) is 0 Å². The van der Waals surface area contributed by atoms with Crippen molar-refractivity contribution in [3.05, 3.63) is 0 Å². The fraction of sp³-hybridized carbons (Fsp3) is 0.917. The van der Waals surface area contributed by atoms with E-state index in [9.17, 15) is 4.79 Å². The molecule has 17 heavy (non-hydrogen) atoms. The van der Waals surface area contributed by atoms with Gasteiger partial charge >= 0.3 is 6.09 Å². The van der Waals surface area contributed by atoms with Crippen LogP contribution in [0.2, 0.25) is 0 Å². The van der Waals surface area contributed by atoms with Crippen molar-refractivity contribution in [2.75, 3.05) is 0 Å². The minimum absolute atomic E-state index is 0.148. The van der Waals surface area contributed by atoms with Crippen LogP contribution in [0.3, 0.4) is 0 Å². The van der Waals surface area contributed by atoms with E-state index < -0.39 is 5.60 Å². The number of piperidine rings is 1. The molecule has 2 rings (SSSR count). The Morgan fingerprint density at radius 2 is 1.82 bits per heavy atom. The molecular weight excluding hydrogens is 236 g/mol. The molecule has 0 aromatic heterocycles. The molecule has 1 amide bonds. The van der Waals surface area contributed by atoms with Crippen LogP contribution in [0, 0.1) is 0 Å². The van der Waals surface area contributed by atoms with E-state index in [1.165, 1.54) is 11.9 Å². The number of hydrogen-bond acceptors (Lipinski definition) is 4. The quantitative estimate of drug-likeness (QED) is 0.734. The molecule has 2 atom stereocenters. The fourth-order valence-corrected chi connectivity index (χ4v) is 3.52. The molecule has 2 fully saturated rings. The topological polar surface area (TPSA) is 55.6 Å². The lowest BCUT2D eigenvalue weighted by Gasteiger charge is -2.38. The second kappa shape index (κ2) is 4.69. The van der Waals surface area contributed by atoms with Gasteiger partial charge in [0, 0.05) is 17.3 Å². The van der Waals surface area contributed by atoms with Gasteiger partial charge in [-0.2, -0.15) is 0 Å². The van der Waals surface area contributed by atoms with Gasteiger partial charge in [0.05, 0.1) is 0 Å². The van der Waals surface area contributed by atoms with Gasteiger partial charge in [0.1, 0.15) is 5.60 Å². The Hall–Kier alpha value is -0.420. The number of fused-ring (bicyclic) bond motifs is 2. The van der Waals surface area contributed by atoms with Crippen LogP contribution >= 0.6 is 11.9 Å². The summed E-state index contributed by atoms with van der Waals surface area (Å²) in [4.78, 5) is 14.1. The first-order valence-corrected chi connectivity index (χ1v) is 7.22. The smallest absolute Gasteiger partial charge is 0.410 e. The number of amides is 1. The largest absolute Gasteiger partial charge is 0.444 e. The SMILES string of the molecule is CC(C)(C)OC(=O)N1C2CCC1CC(SN)C2. The van der Waals surface area contributed by atoms with Gasteiger partial charge in [0.15, 0.2) is 0 Å². The number of hydrogen-bond donors (Lipinski definition) is 1. The third-order valence-corrected chi connectivity index (χ3v) is 4.26. The van der Waals surface area contributed by atoms with E-state index in [0.717, 1.165) is 25.7 Å². The van der Waals surface area contributed by atoms with Crippen LogP contribution in [-0.2, 0) is 4.74 Å². The minimum Gasteiger partial charge on any atom is -0.444 e. The molecule has 0 aromatic rings. The van der Waals surface area contributed by atoms with Crippen molar-refractivity contribution in [2.24, 2.45) is 5.14 Å². The Morgan fingerprint density at radius 3 is 2.24 bits per heavy atom. The molecule has 5 heteroatoms. The van der Waals surface area contributed by atoms with Crippen LogP contribution in [0.1, 0.15) is 46.5 Å². The van der Waals surface area contributed by atoms with Gasteiger partial charge < -0.3 is 9.64 Å². The van der Waals surface area contributed by atoms with Crippen molar-refractivity contribution >= 4 is 18.0 Å². The Balaban J connectivity index is 2.01. The normalized spacial score (nSPS) is 32.7. The minimum atomic E-state index is -0.407. The van der Waals surface area contributed by atoms with Crippen molar-refractivity contribution in [3.8, 4) is 0 Å². The van der Waals surface area contributed by atoms with Gasteiger partial charge in [0.2, 0.25) is 0 Å². The van der Waals surface area contributed by atoms with E-state index in [-0.39, 0.29) is 6.09 Å². The lowest BCUT2D eigenvalue weighted by molar-refractivity contribution is 0.00842. The Bertz CT molecular complexity index is 289. The zero-order valence-electron chi connectivity index (χ0n) is 10.8. The predicted octanol–water partition coefficient (Wildman–Crippen LogP) is 2.52. The highest BCUT2D eigenvalue weighted by Crippen LogP contribution is 2.39. The molecule has 0 aromatic carbocycles. The maximum absolute atomic E-state index is 12.1. The van der Waals surface area contributed by atoms with E-state index in [1.807, 2.05) is 25.7 Å². The summed E-state index contributed by atoms with van der Waals surface area (Å²) in [6, 6.07) is 0.675. The molecule has 2 unspecified atom stereocenters. The number of ether oxygens (including phenoxy) is 1. The molecular formula is C12H22N2O2S. The van der Waals surface area contributed by atoms with Crippen molar-refractivity contribution in [1.82, 2.24) is 4.90 Å². The van der Waals surface area contributed by atoms with Crippen LogP contribution in [0.5, 0.6) is 0 Å². The van der Waals surface area contributed by atoms with E-state index in [4.69, 9.17) is 9.88 Å². The zero-order chi connectivity index (χ0) is 12.6. The summed E-state index contributed by atoms with van der Waals surface area (Å²) in [7, 11) is 0. The first kappa shape index (κ1) is 13.0. The van der Waals surface area contributed by atoms with E-state index >= 15 is 0 Å². The maximum Gasteiger partial charge on any atom is 0.410 e. The van der Waals surface area contributed by atoms with Gasteiger partial charge in [-0.15, -0.1) is 0 Å². The average Bonchev–Trinajstić information content (AvgIpc) is 2.47. The molecule has 2 N–H and O–H groups in total. The predicted molar refractivity (Wildman–Crippen MR) is 69.7 cm³/mol. The van der Waals surface area contributed by atoms with Crippen LogP contribution < -0.4 is 5.14 Å². The van der Waals surface area contributed by atoms with Crippen LogP contribution in [0.25, 0.3) is 0 Å². The highest BCUT2D eigenvalue weighted by molar-refractivity contribution is 7.97.